The summed E-state index contributed by atoms with van der Waals surface area (Å²) in [6.45, 7) is 4.00. The van der Waals surface area contributed by atoms with Crippen LogP contribution in [-0.4, -0.2) is 0 Å². The van der Waals surface area contributed by atoms with Crippen molar-refractivity contribution in [2.45, 2.75) is 43.6 Å². The fourth-order valence-electron chi connectivity index (χ4n) is 2.91. The van der Waals surface area contributed by atoms with Crippen LogP contribution in [0.1, 0.15) is 43.6 Å². The number of fused-ring (bicyclic) bond motifs is 3. The smallest absolute Gasteiger partial charge is 0.00990 e. The molecule has 0 N–H and O–H groups in total. The van der Waals surface area contributed by atoms with Crippen molar-refractivity contribution >= 4 is 21.5 Å². The summed E-state index contributed by atoms with van der Waals surface area (Å²) in [7, 11) is 0. The summed E-state index contributed by atoms with van der Waals surface area (Å²) in [6.07, 6.45) is 0. The SMILES string of the molecule is C.C.C.C.CC.c1ccc(-c2cccc3c2ccc2ccccc23)cc1. The molecule has 140 valence electrons. The Labute approximate surface area is 161 Å². The molecule has 26 heavy (non-hydrogen) atoms. The van der Waals surface area contributed by atoms with Crippen molar-refractivity contribution in [2.24, 2.45) is 0 Å². The molecule has 0 spiro atoms. The minimum Gasteiger partial charge on any atom is -0.0776 e. The van der Waals surface area contributed by atoms with E-state index in [0.29, 0.717) is 0 Å². The van der Waals surface area contributed by atoms with E-state index in [1.54, 1.807) is 0 Å². The van der Waals surface area contributed by atoms with E-state index in [-0.39, 0.29) is 29.7 Å². The van der Waals surface area contributed by atoms with Crippen molar-refractivity contribution in [3.63, 3.8) is 0 Å². The second kappa shape index (κ2) is 11.9. The van der Waals surface area contributed by atoms with Gasteiger partial charge in [-0.1, -0.05) is 128 Å². The Morgan fingerprint density at radius 1 is 0.423 bits per heavy atom. The lowest BCUT2D eigenvalue weighted by Gasteiger charge is -2.09. The van der Waals surface area contributed by atoms with E-state index in [1.165, 1.54) is 32.7 Å². The van der Waals surface area contributed by atoms with Crippen molar-refractivity contribution in [3.05, 3.63) is 84.9 Å². The molecular formula is C26H36. The molecule has 4 aromatic carbocycles. The average Bonchev–Trinajstić information content (AvgIpc) is 2.63. The first-order valence-corrected chi connectivity index (χ1v) is 7.89. The van der Waals surface area contributed by atoms with E-state index < -0.39 is 0 Å². The minimum atomic E-state index is 0. The molecule has 0 aliphatic heterocycles. The quantitative estimate of drug-likeness (QED) is 0.301. The van der Waals surface area contributed by atoms with Crippen LogP contribution in [0.4, 0.5) is 0 Å². The third kappa shape index (κ3) is 4.73. The highest BCUT2D eigenvalue weighted by atomic mass is 14.1. The van der Waals surface area contributed by atoms with Crippen LogP contribution in [0.3, 0.4) is 0 Å². The first-order chi connectivity index (χ1) is 10.9. The molecular weight excluding hydrogens is 312 g/mol. The number of hydrogen-bond acceptors (Lipinski definition) is 0. The zero-order valence-corrected chi connectivity index (χ0v) is 13.1. The summed E-state index contributed by atoms with van der Waals surface area (Å²) in [5.41, 5.74) is 2.57. The fraction of sp³-hybridized carbons (Fsp3) is 0.231. The highest BCUT2D eigenvalue weighted by molar-refractivity contribution is 6.11. The van der Waals surface area contributed by atoms with E-state index in [2.05, 4.69) is 84.9 Å². The van der Waals surface area contributed by atoms with Gasteiger partial charge in [-0.15, -0.1) is 0 Å². The van der Waals surface area contributed by atoms with E-state index in [1.807, 2.05) is 13.8 Å². The Morgan fingerprint density at radius 3 is 1.69 bits per heavy atom. The van der Waals surface area contributed by atoms with Crippen LogP contribution in [0, 0.1) is 0 Å². The highest BCUT2D eigenvalue weighted by Gasteiger charge is 2.05. The zero-order valence-electron chi connectivity index (χ0n) is 13.1. The Bertz CT molecular complexity index is 889. The molecule has 0 nitrogen and oxygen atoms in total. The van der Waals surface area contributed by atoms with Crippen molar-refractivity contribution in [1.82, 2.24) is 0 Å². The molecule has 0 bridgehead atoms. The topological polar surface area (TPSA) is 0 Å². The normalized spacial score (nSPS) is 8.69. The van der Waals surface area contributed by atoms with Crippen molar-refractivity contribution < 1.29 is 0 Å². The van der Waals surface area contributed by atoms with Gasteiger partial charge in [0.2, 0.25) is 0 Å². The number of rotatable bonds is 1. The summed E-state index contributed by atoms with van der Waals surface area (Å²) in [5.74, 6) is 0. The molecule has 0 fully saturated rings. The molecule has 0 saturated heterocycles. The summed E-state index contributed by atoms with van der Waals surface area (Å²) in [5, 5.41) is 5.26. The number of benzene rings is 4. The largest absolute Gasteiger partial charge is 0.0776 e. The van der Waals surface area contributed by atoms with Gasteiger partial charge in [0.25, 0.3) is 0 Å². The maximum atomic E-state index is 2.24. The molecule has 0 heterocycles. The molecule has 0 aliphatic rings. The minimum absolute atomic E-state index is 0. The van der Waals surface area contributed by atoms with E-state index in [9.17, 15) is 0 Å². The molecule has 0 unspecified atom stereocenters. The van der Waals surface area contributed by atoms with Crippen LogP contribution in [0.15, 0.2) is 84.9 Å². The first-order valence-electron chi connectivity index (χ1n) is 7.89. The average molecular weight is 349 g/mol. The Balaban J connectivity index is 0. The summed E-state index contributed by atoms with van der Waals surface area (Å²) >= 11 is 0. The van der Waals surface area contributed by atoms with Gasteiger partial charge in [0.1, 0.15) is 0 Å². The molecule has 4 aromatic rings. The predicted molar refractivity (Wildman–Crippen MR) is 125 cm³/mol. The second-order valence-corrected chi connectivity index (χ2v) is 5.05. The Morgan fingerprint density at radius 2 is 1.00 bits per heavy atom. The molecule has 0 saturated carbocycles. The zero-order chi connectivity index (χ0) is 15.4. The summed E-state index contributed by atoms with van der Waals surface area (Å²) < 4.78 is 0. The second-order valence-electron chi connectivity index (χ2n) is 5.05. The van der Waals surface area contributed by atoms with Gasteiger partial charge in [-0.2, -0.15) is 0 Å². The number of hydrogen-bond donors (Lipinski definition) is 0. The predicted octanol–water partition coefficient (Wildman–Crippen LogP) is 9.23. The molecule has 4 rings (SSSR count). The molecule has 0 heteroatoms. The van der Waals surface area contributed by atoms with Gasteiger partial charge < -0.3 is 0 Å². The molecule has 0 atom stereocenters. The summed E-state index contributed by atoms with van der Waals surface area (Å²) in [4.78, 5) is 0. The lowest BCUT2D eigenvalue weighted by atomic mass is 9.95. The highest BCUT2D eigenvalue weighted by Crippen LogP contribution is 2.32. The third-order valence-electron chi connectivity index (χ3n) is 3.87. The maximum absolute atomic E-state index is 2.24. The maximum Gasteiger partial charge on any atom is -0.00990 e. The molecule has 0 radical (unpaired) electrons. The molecule has 0 aliphatic carbocycles. The molecule has 0 aromatic heterocycles. The lowest BCUT2D eigenvalue weighted by molar-refractivity contribution is 1.50. The van der Waals surface area contributed by atoms with Gasteiger partial charge in [0, 0.05) is 0 Å². The van der Waals surface area contributed by atoms with Crippen molar-refractivity contribution in [3.8, 4) is 11.1 Å². The van der Waals surface area contributed by atoms with Crippen molar-refractivity contribution in [1.29, 1.82) is 0 Å². The standard InChI is InChI=1S/C20H14.C2H6.4CH4/c1-2-7-15(8-3-1)18-11-6-12-19-17-10-5-4-9-16(17)13-14-20(18)19;1-2;;;;/h1-14H;1-2H3;4*1H4. The van der Waals surface area contributed by atoms with Crippen LogP contribution in [0.5, 0.6) is 0 Å². The van der Waals surface area contributed by atoms with Crippen LogP contribution in [0.25, 0.3) is 32.7 Å². The van der Waals surface area contributed by atoms with Gasteiger partial charge in [-0.3, -0.25) is 0 Å². The first kappa shape index (κ1) is 25.6. The van der Waals surface area contributed by atoms with Gasteiger partial charge >= 0.3 is 0 Å². The van der Waals surface area contributed by atoms with Crippen LogP contribution < -0.4 is 0 Å². The van der Waals surface area contributed by atoms with E-state index >= 15 is 0 Å². The van der Waals surface area contributed by atoms with Crippen LogP contribution in [-0.2, 0) is 0 Å². The van der Waals surface area contributed by atoms with Crippen LogP contribution >= 0.6 is 0 Å². The van der Waals surface area contributed by atoms with Gasteiger partial charge in [-0.05, 0) is 32.7 Å². The van der Waals surface area contributed by atoms with Crippen molar-refractivity contribution in [2.75, 3.05) is 0 Å². The van der Waals surface area contributed by atoms with Crippen LogP contribution in [0.2, 0.25) is 0 Å². The monoisotopic (exact) mass is 348 g/mol. The lowest BCUT2D eigenvalue weighted by Crippen LogP contribution is -1.82. The van der Waals surface area contributed by atoms with Gasteiger partial charge in [0.15, 0.2) is 0 Å². The van der Waals surface area contributed by atoms with Gasteiger partial charge in [-0.25, -0.2) is 0 Å². The summed E-state index contributed by atoms with van der Waals surface area (Å²) in [6, 6.07) is 30.2. The molecule has 0 amide bonds. The Hall–Kier alpha value is -2.60. The van der Waals surface area contributed by atoms with Gasteiger partial charge in [0.05, 0.1) is 0 Å². The fourth-order valence-corrected chi connectivity index (χ4v) is 2.91. The van der Waals surface area contributed by atoms with E-state index in [0.717, 1.165) is 0 Å². The third-order valence-corrected chi connectivity index (χ3v) is 3.87. The van der Waals surface area contributed by atoms with E-state index in [4.69, 9.17) is 0 Å². The Kier molecular flexibility index (Phi) is 11.7.